The van der Waals surface area contributed by atoms with Crippen molar-refractivity contribution in [2.24, 2.45) is 0 Å². The van der Waals surface area contributed by atoms with Crippen molar-refractivity contribution in [1.29, 1.82) is 0 Å². The molecule has 0 aliphatic carbocycles. The van der Waals surface area contributed by atoms with Crippen molar-refractivity contribution >= 4 is 5.69 Å². The number of nitrogens with one attached hydrogen (secondary N) is 2. The summed E-state index contributed by atoms with van der Waals surface area (Å²) >= 11 is 0. The van der Waals surface area contributed by atoms with Crippen molar-refractivity contribution in [3.63, 3.8) is 0 Å². The molecule has 1 aliphatic rings. The number of nitrogens with zero attached hydrogens (tertiary/aromatic N) is 4. The van der Waals surface area contributed by atoms with E-state index in [9.17, 15) is 0 Å². The monoisotopic (exact) mass is 412 g/mol. The van der Waals surface area contributed by atoms with Gasteiger partial charge in [0, 0.05) is 5.56 Å². The number of hydrogen-bond acceptors (Lipinski definition) is 3. The predicted octanol–water partition coefficient (Wildman–Crippen LogP) is 0.926. The number of quaternary nitrogens is 2. The van der Waals surface area contributed by atoms with Gasteiger partial charge in [0.1, 0.15) is 31.9 Å². The number of para-hydroxylation sites is 1. The van der Waals surface area contributed by atoms with Gasteiger partial charge in [0.2, 0.25) is 5.82 Å². The smallest absolute Gasteiger partial charge is 0.214 e. The van der Waals surface area contributed by atoms with Crippen molar-refractivity contribution in [2.75, 3.05) is 26.2 Å². The highest BCUT2D eigenvalue weighted by Gasteiger charge is 2.35. The Balaban J connectivity index is 1.41. The minimum atomic E-state index is 0.122. The molecule has 0 radical (unpaired) electrons. The normalized spacial score (nSPS) is 19.7. The van der Waals surface area contributed by atoms with Crippen LogP contribution in [0.5, 0.6) is 0 Å². The molecule has 4 aromatic rings. The van der Waals surface area contributed by atoms with Gasteiger partial charge < -0.3 is 4.90 Å². The molecule has 0 saturated carbocycles. The molecule has 0 amide bonds. The molecule has 5 rings (SSSR count). The summed E-state index contributed by atoms with van der Waals surface area (Å²) < 4.78 is 1.97. The minimum absolute atomic E-state index is 0.122. The number of rotatable bonds is 6. The van der Waals surface area contributed by atoms with Gasteiger partial charge in [0.15, 0.2) is 6.04 Å². The maximum absolute atomic E-state index is 4.52. The van der Waals surface area contributed by atoms with Crippen LogP contribution >= 0.6 is 0 Å². The van der Waals surface area contributed by atoms with Crippen LogP contribution in [-0.4, -0.2) is 46.4 Å². The van der Waals surface area contributed by atoms with E-state index in [0.717, 1.165) is 32.0 Å². The average molecular weight is 413 g/mol. The van der Waals surface area contributed by atoms with E-state index >= 15 is 0 Å². The number of hydrogen-bond donors (Lipinski definition) is 2. The lowest BCUT2D eigenvalue weighted by atomic mass is 10.0. The Morgan fingerprint density at radius 2 is 1.35 bits per heavy atom. The molecule has 0 unspecified atom stereocenters. The van der Waals surface area contributed by atoms with Gasteiger partial charge in [-0.1, -0.05) is 78.9 Å². The fraction of sp³-hybridized carbons (Fsp3) is 0.240. The third-order valence-electron chi connectivity index (χ3n) is 6.21. The quantitative estimate of drug-likeness (QED) is 0.495. The fourth-order valence-electron chi connectivity index (χ4n) is 4.62. The van der Waals surface area contributed by atoms with Crippen LogP contribution in [0.15, 0.2) is 91.0 Å². The standard InChI is InChI=1S/C25H26N6/c1-4-10-21(11-5-1)20-31-25(26-27-28-31)24(22-12-6-2-7-13-22)30-18-16-29(17-19-30)23-14-8-3-9-15-23/h1-15,24H,16-20H2/p+2/t24-/m0/s1. The molecule has 1 aliphatic heterocycles. The number of aromatic nitrogens is 4. The van der Waals surface area contributed by atoms with Gasteiger partial charge in [-0.05, 0) is 28.1 Å². The molecule has 2 heterocycles. The number of piperazine rings is 1. The first-order valence-electron chi connectivity index (χ1n) is 11.0. The molecule has 0 bridgehead atoms. The topological polar surface area (TPSA) is 52.5 Å². The molecule has 1 atom stereocenters. The molecule has 1 aromatic heterocycles. The van der Waals surface area contributed by atoms with Gasteiger partial charge in [-0.25, -0.2) is 4.68 Å². The van der Waals surface area contributed by atoms with Crippen molar-refractivity contribution in [2.45, 2.75) is 12.6 Å². The van der Waals surface area contributed by atoms with Crippen LogP contribution in [0, 0.1) is 0 Å². The molecule has 2 N–H and O–H groups in total. The highest BCUT2D eigenvalue weighted by atomic mass is 15.6. The van der Waals surface area contributed by atoms with Gasteiger partial charge in [0.25, 0.3) is 0 Å². The first-order valence-corrected chi connectivity index (χ1v) is 11.0. The van der Waals surface area contributed by atoms with Crippen molar-refractivity contribution < 1.29 is 9.80 Å². The number of benzene rings is 3. The van der Waals surface area contributed by atoms with E-state index in [-0.39, 0.29) is 6.04 Å². The zero-order chi connectivity index (χ0) is 20.9. The van der Waals surface area contributed by atoms with E-state index in [4.69, 9.17) is 0 Å². The molecular weight excluding hydrogens is 384 g/mol. The maximum Gasteiger partial charge on any atom is 0.214 e. The molecule has 1 fully saturated rings. The van der Waals surface area contributed by atoms with Gasteiger partial charge in [-0.15, -0.1) is 5.10 Å². The van der Waals surface area contributed by atoms with Crippen LogP contribution in [-0.2, 0) is 6.54 Å². The Kier molecular flexibility index (Phi) is 5.82. The molecule has 6 heteroatoms. The zero-order valence-electron chi connectivity index (χ0n) is 17.6. The van der Waals surface area contributed by atoms with Crippen LogP contribution in [0.1, 0.15) is 23.0 Å². The van der Waals surface area contributed by atoms with Crippen LogP contribution in [0.25, 0.3) is 0 Å². The molecule has 31 heavy (non-hydrogen) atoms. The summed E-state index contributed by atoms with van der Waals surface area (Å²) in [4.78, 5) is 3.08. The second kappa shape index (κ2) is 9.20. The second-order valence-corrected chi connectivity index (χ2v) is 8.15. The van der Waals surface area contributed by atoms with Crippen molar-refractivity contribution in [1.82, 2.24) is 20.2 Å². The Hall–Kier alpha value is -3.35. The summed E-state index contributed by atoms with van der Waals surface area (Å²) in [6.45, 7) is 5.02. The Morgan fingerprint density at radius 3 is 2.03 bits per heavy atom. The summed E-state index contributed by atoms with van der Waals surface area (Å²) in [7, 11) is 0. The summed E-state index contributed by atoms with van der Waals surface area (Å²) in [6, 6.07) is 32.0. The van der Waals surface area contributed by atoms with Crippen molar-refractivity contribution in [3.8, 4) is 0 Å². The van der Waals surface area contributed by atoms with E-state index in [1.807, 2.05) is 10.7 Å². The Labute approximate surface area is 182 Å². The summed E-state index contributed by atoms with van der Waals surface area (Å²) in [6.07, 6.45) is 0. The lowest BCUT2D eigenvalue weighted by Crippen LogP contribution is -3.26. The lowest BCUT2D eigenvalue weighted by molar-refractivity contribution is -1.00. The highest BCUT2D eigenvalue weighted by Crippen LogP contribution is 2.17. The van der Waals surface area contributed by atoms with Gasteiger partial charge in [0.05, 0.1) is 6.54 Å². The minimum Gasteiger partial charge on any atom is -0.313 e. The summed E-state index contributed by atoms with van der Waals surface area (Å²) in [5, 5.41) is 12.9. The SMILES string of the molecule is c1ccc(Cn2nnnc2[C@H](c2ccccc2)[NH+]2CC[NH+](c3ccccc3)CC2)cc1. The van der Waals surface area contributed by atoms with E-state index in [2.05, 4.69) is 100 Å². The van der Waals surface area contributed by atoms with Crippen LogP contribution in [0.3, 0.4) is 0 Å². The van der Waals surface area contributed by atoms with Gasteiger partial charge in [-0.2, -0.15) is 0 Å². The predicted molar refractivity (Wildman–Crippen MR) is 119 cm³/mol. The number of tetrazole rings is 1. The first-order chi connectivity index (χ1) is 15.4. The Bertz CT molecular complexity index is 1070. The van der Waals surface area contributed by atoms with Crippen LogP contribution in [0.4, 0.5) is 5.69 Å². The summed E-state index contributed by atoms with van der Waals surface area (Å²) in [5.74, 6) is 0.938. The van der Waals surface area contributed by atoms with Crippen molar-refractivity contribution in [3.05, 3.63) is 108 Å². The average Bonchev–Trinajstić information content (AvgIpc) is 3.29. The zero-order valence-corrected chi connectivity index (χ0v) is 17.6. The van der Waals surface area contributed by atoms with Gasteiger partial charge in [-0.3, -0.25) is 4.90 Å². The third-order valence-corrected chi connectivity index (χ3v) is 6.21. The molecule has 6 nitrogen and oxygen atoms in total. The van der Waals surface area contributed by atoms with E-state index in [1.165, 1.54) is 21.7 Å². The first kappa shape index (κ1) is 19.6. The van der Waals surface area contributed by atoms with Crippen LogP contribution < -0.4 is 9.80 Å². The van der Waals surface area contributed by atoms with E-state index < -0.39 is 0 Å². The summed E-state index contributed by atoms with van der Waals surface area (Å²) in [5.41, 5.74) is 3.85. The lowest BCUT2D eigenvalue weighted by Gasteiger charge is -2.34. The van der Waals surface area contributed by atoms with Gasteiger partial charge >= 0.3 is 0 Å². The van der Waals surface area contributed by atoms with E-state index in [1.54, 1.807) is 4.90 Å². The third kappa shape index (κ3) is 4.40. The van der Waals surface area contributed by atoms with E-state index in [0.29, 0.717) is 6.54 Å². The molecule has 0 spiro atoms. The fourth-order valence-corrected chi connectivity index (χ4v) is 4.62. The molecular formula is C25H28N6+2. The molecule has 156 valence electrons. The largest absolute Gasteiger partial charge is 0.313 e. The molecule has 1 saturated heterocycles. The highest BCUT2D eigenvalue weighted by molar-refractivity contribution is 5.28. The van der Waals surface area contributed by atoms with Crippen LogP contribution in [0.2, 0.25) is 0 Å². The Morgan fingerprint density at radius 1 is 0.742 bits per heavy atom. The maximum atomic E-state index is 4.52. The molecule has 3 aromatic carbocycles. The second-order valence-electron chi connectivity index (χ2n) is 8.15.